The second kappa shape index (κ2) is 8.13. The average molecular weight is 324 g/mol. The SMILES string of the molecule is CC(NC(=O)CC1CCCCC1)C(=O)NC1CCCC1(C)CO. The number of amides is 2. The van der Waals surface area contributed by atoms with Gasteiger partial charge in [0.15, 0.2) is 0 Å². The summed E-state index contributed by atoms with van der Waals surface area (Å²) >= 11 is 0. The Hall–Kier alpha value is -1.10. The molecule has 0 aromatic heterocycles. The quantitative estimate of drug-likeness (QED) is 0.700. The first kappa shape index (κ1) is 18.2. The van der Waals surface area contributed by atoms with Crippen molar-refractivity contribution in [2.24, 2.45) is 11.3 Å². The molecule has 2 aliphatic rings. The number of rotatable bonds is 6. The minimum Gasteiger partial charge on any atom is -0.396 e. The molecule has 0 bridgehead atoms. The molecule has 0 aromatic rings. The van der Waals surface area contributed by atoms with Crippen molar-refractivity contribution in [3.8, 4) is 0 Å². The van der Waals surface area contributed by atoms with Crippen molar-refractivity contribution >= 4 is 11.8 Å². The van der Waals surface area contributed by atoms with E-state index in [0.29, 0.717) is 12.3 Å². The fourth-order valence-corrected chi connectivity index (χ4v) is 3.98. The van der Waals surface area contributed by atoms with E-state index >= 15 is 0 Å². The highest BCUT2D eigenvalue weighted by molar-refractivity contribution is 5.87. The first-order chi connectivity index (χ1) is 10.9. The van der Waals surface area contributed by atoms with Crippen molar-refractivity contribution in [3.05, 3.63) is 0 Å². The van der Waals surface area contributed by atoms with Crippen LogP contribution in [0.4, 0.5) is 0 Å². The van der Waals surface area contributed by atoms with E-state index in [1.807, 2.05) is 6.92 Å². The summed E-state index contributed by atoms with van der Waals surface area (Å²) in [5.41, 5.74) is -0.235. The van der Waals surface area contributed by atoms with E-state index in [1.54, 1.807) is 6.92 Å². The second-order valence-corrected chi connectivity index (χ2v) is 7.76. The highest BCUT2D eigenvalue weighted by atomic mass is 16.3. The van der Waals surface area contributed by atoms with E-state index in [4.69, 9.17) is 0 Å². The van der Waals surface area contributed by atoms with Crippen molar-refractivity contribution in [1.29, 1.82) is 0 Å². The third-order valence-electron chi connectivity index (χ3n) is 5.73. The molecule has 132 valence electrons. The summed E-state index contributed by atoms with van der Waals surface area (Å²) in [6.07, 6.45) is 9.35. The van der Waals surface area contributed by atoms with Crippen LogP contribution < -0.4 is 10.6 Å². The molecule has 0 heterocycles. The number of hydrogen-bond acceptors (Lipinski definition) is 3. The fourth-order valence-electron chi connectivity index (χ4n) is 3.98. The molecular formula is C18H32N2O3. The number of aliphatic hydroxyl groups is 1. The van der Waals surface area contributed by atoms with Gasteiger partial charge in [-0.15, -0.1) is 0 Å². The molecule has 2 aliphatic carbocycles. The highest BCUT2D eigenvalue weighted by Crippen LogP contribution is 2.37. The van der Waals surface area contributed by atoms with Gasteiger partial charge in [-0.1, -0.05) is 32.6 Å². The molecule has 0 spiro atoms. The molecule has 5 heteroatoms. The van der Waals surface area contributed by atoms with E-state index in [-0.39, 0.29) is 29.9 Å². The maximum Gasteiger partial charge on any atom is 0.242 e. The molecule has 3 unspecified atom stereocenters. The van der Waals surface area contributed by atoms with Crippen molar-refractivity contribution in [2.75, 3.05) is 6.61 Å². The van der Waals surface area contributed by atoms with Gasteiger partial charge in [0.25, 0.3) is 0 Å². The summed E-state index contributed by atoms with van der Waals surface area (Å²) in [7, 11) is 0. The van der Waals surface area contributed by atoms with Crippen LogP contribution in [0, 0.1) is 11.3 Å². The minimum absolute atomic E-state index is 0.00213. The first-order valence-electron chi connectivity index (χ1n) is 9.15. The molecule has 0 aliphatic heterocycles. The van der Waals surface area contributed by atoms with Gasteiger partial charge >= 0.3 is 0 Å². The number of carbonyl (C=O) groups is 2. The number of nitrogens with one attached hydrogen (secondary N) is 2. The summed E-state index contributed by atoms with van der Waals surface area (Å²) in [5.74, 6) is 0.316. The van der Waals surface area contributed by atoms with Crippen LogP contribution in [0.1, 0.15) is 71.6 Å². The topological polar surface area (TPSA) is 78.4 Å². The van der Waals surface area contributed by atoms with E-state index in [0.717, 1.165) is 32.1 Å². The van der Waals surface area contributed by atoms with Gasteiger partial charge in [0.1, 0.15) is 6.04 Å². The minimum atomic E-state index is -0.519. The Labute approximate surface area is 139 Å². The van der Waals surface area contributed by atoms with Gasteiger partial charge < -0.3 is 15.7 Å². The molecule has 3 atom stereocenters. The van der Waals surface area contributed by atoms with Gasteiger partial charge in [-0.3, -0.25) is 9.59 Å². The summed E-state index contributed by atoms with van der Waals surface area (Å²) in [4.78, 5) is 24.4. The standard InChI is InChI=1S/C18H32N2O3/c1-13(19-16(22)11-14-7-4-3-5-8-14)17(23)20-15-9-6-10-18(15,2)12-21/h13-15,21H,3-12H2,1-2H3,(H,19,22)(H,20,23). The molecule has 2 fully saturated rings. The second-order valence-electron chi connectivity index (χ2n) is 7.76. The zero-order valence-corrected chi connectivity index (χ0v) is 14.6. The third-order valence-corrected chi connectivity index (χ3v) is 5.73. The number of carbonyl (C=O) groups excluding carboxylic acids is 2. The van der Waals surface area contributed by atoms with Gasteiger partial charge in [-0.2, -0.15) is 0 Å². The lowest BCUT2D eigenvalue weighted by Gasteiger charge is -2.31. The predicted octanol–water partition coefficient (Wildman–Crippen LogP) is 2.13. The van der Waals surface area contributed by atoms with Crippen molar-refractivity contribution < 1.29 is 14.7 Å². The molecule has 0 saturated heterocycles. The van der Waals surface area contributed by atoms with Crippen LogP contribution >= 0.6 is 0 Å². The Morgan fingerprint density at radius 2 is 1.87 bits per heavy atom. The maximum atomic E-state index is 12.3. The Kier molecular flexibility index (Phi) is 6.45. The monoisotopic (exact) mass is 324 g/mol. The summed E-state index contributed by atoms with van der Waals surface area (Å²) in [6, 6.07) is -0.521. The highest BCUT2D eigenvalue weighted by Gasteiger charge is 2.39. The zero-order valence-electron chi connectivity index (χ0n) is 14.6. The molecule has 0 aromatic carbocycles. The normalized spacial score (nSPS) is 30.0. The van der Waals surface area contributed by atoms with Crippen LogP contribution in [0.25, 0.3) is 0 Å². The van der Waals surface area contributed by atoms with Gasteiger partial charge in [0, 0.05) is 17.9 Å². The van der Waals surface area contributed by atoms with Gasteiger partial charge in [0.2, 0.25) is 11.8 Å². The number of aliphatic hydroxyl groups excluding tert-OH is 1. The molecule has 2 rings (SSSR count). The first-order valence-corrected chi connectivity index (χ1v) is 9.15. The van der Waals surface area contributed by atoms with Gasteiger partial charge in [0.05, 0.1) is 6.61 Å². The summed E-state index contributed by atoms with van der Waals surface area (Å²) < 4.78 is 0. The molecule has 5 nitrogen and oxygen atoms in total. The summed E-state index contributed by atoms with van der Waals surface area (Å²) in [6.45, 7) is 3.83. The predicted molar refractivity (Wildman–Crippen MR) is 89.8 cm³/mol. The van der Waals surface area contributed by atoms with Gasteiger partial charge in [-0.05, 0) is 38.5 Å². The Morgan fingerprint density at radius 1 is 1.17 bits per heavy atom. The zero-order chi connectivity index (χ0) is 16.9. The Balaban J connectivity index is 1.76. The van der Waals surface area contributed by atoms with Crippen LogP contribution in [0.2, 0.25) is 0 Å². The molecule has 0 radical (unpaired) electrons. The molecule has 3 N–H and O–H groups in total. The third kappa shape index (κ3) is 4.93. The van der Waals surface area contributed by atoms with Crippen molar-refractivity contribution in [2.45, 2.75) is 83.7 Å². The number of hydrogen-bond donors (Lipinski definition) is 3. The largest absolute Gasteiger partial charge is 0.396 e. The molecule has 23 heavy (non-hydrogen) atoms. The van der Waals surface area contributed by atoms with E-state index in [2.05, 4.69) is 10.6 Å². The lowest BCUT2D eigenvalue weighted by atomic mass is 9.85. The smallest absolute Gasteiger partial charge is 0.242 e. The van der Waals surface area contributed by atoms with Crippen LogP contribution in [0.3, 0.4) is 0 Å². The average Bonchev–Trinajstić information content (AvgIpc) is 2.89. The van der Waals surface area contributed by atoms with Crippen LogP contribution in [-0.2, 0) is 9.59 Å². The molecular weight excluding hydrogens is 292 g/mol. The van der Waals surface area contributed by atoms with Crippen molar-refractivity contribution in [3.63, 3.8) is 0 Å². The maximum absolute atomic E-state index is 12.3. The fraction of sp³-hybridized carbons (Fsp3) is 0.889. The lowest BCUT2D eigenvalue weighted by molar-refractivity contribution is -0.130. The Morgan fingerprint density at radius 3 is 2.52 bits per heavy atom. The summed E-state index contributed by atoms with van der Waals surface area (Å²) in [5, 5.41) is 15.4. The van der Waals surface area contributed by atoms with Gasteiger partial charge in [-0.25, -0.2) is 0 Å². The molecule has 2 saturated carbocycles. The van der Waals surface area contributed by atoms with E-state index in [1.165, 1.54) is 19.3 Å². The Bertz CT molecular complexity index is 420. The lowest BCUT2D eigenvalue weighted by Crippen LogP contribution is -2.52. The van der Waals surface area contributed by atoms with E-state index in [9.17, 15) is 14.7 Å². The van der Waals surface area contributed by atoms with Crippen LogP contribution in [-0.4, -0.2) is 35.6 Å². The molecule has 2 amide bonds. The van der Waals surface area contributed by atoms with E-state index < -0.39 is 6.04 Å². The van der Waals surface area contributed by atoms with Crippen LogP contribution in [0.5, 0.6) is 0 Å². The van der Waals surface area contributed by atoms with Crippen molar-refractivity contribution in [1.82, 2.24) is 10.6 Å². The van der Waals surface area contributed by atoms with Crippen LogP contribution in [0.15, 0.2) is 0 Å².